The lowest BCUT2D eigenvalue weighted by atomic mass is 10.1. The van der Waals surface area contributed by atoms with Crippen LogP contribution in [0, 0.1) is 5.82 Å². The molecule has 0 unspecified atom stereocenters. The number of esters is 1. The largest absolute Gasteiger partial charge is 0.465 e. The second-order valence-electron chi connectivity index (χ2n) is 3.49. The molecule has 0 aliphatic carbocycles. The van der Waals surface area contributed by atoms with E-state index in [9.17, 15) is 9.18 Å². The Bertz CT molecular complexity index is 545. The lowest BCUT2D eigenvalue weighted by molar-refractivity contribution is 0.0602. The number of aromatic amines is 1. The molecule has 0 bridgehead atoms. The summed E-state index contributed by atoms with van der Waals surface area (Å²) in [7, 11) is 1.32. The van der Waals surface area contributed by atoms with Gasteiger partial charge in [-0.15, -0.1) is 0 Å². The molecule has 2 aromatic rings. The Morgan fingerprint density at radius 3 is 2.88 bits per heavy atom. The number of fused-ring (bicyclic) bond motifs is 1. The molecule has 1 heterocycles. The molecule has 2 rings (SSSR count). The molecular formula is C12H12FNO2. The summed E-state index contributed by atoms with van der Waals surface area (Å²) in [4.78, 5) is 14.5. The van der Waals surface area contributed by atoms with Gasteiger partial charge in [0.15, 0.2) is 0 Å². The molecule has 0 amide bonds. The number of ether oxygens (including phenoxy) is 1. The predicted octanol–water partition coefficient (Wildman–Crippen LogP) is 2.66. The predicted molar refractivity (Wildman–Crippen MR) is 59.0 cm³/mol. The molecule has 1 aromatic carbocycles. The van der Waals surface area contributed by atoms with Crippen LogP contribution < -0.4 is 0 Å². The molecular weight excluding hydrogens is 209 g/mol. The summed E-state index contributed by atoms with van der Waals surface area (Å²) in [5.74, 6) is -0.795. The number of methoxy groups -OCH3 is 1. The minimum Gasteiger partial charge on any atom is -0.465 e. The third-order valence-electron chi connectivity index (χ3n) is 2.60. The van der Waals surface area contributed by atoms with E-state index in [0.29, 0.717) is 28.6 Å². The Labute approximate surface area is 92.2 Å². The highest BCUT2D eigenvalue weighted by Gasteiger charge is 2.19. The van der Waals surface area contributed by atoms with Gasteiger partial charge < -0.3 is 9.72 Å². The molecule has 16 heavy (non-hydrogen) atoms. The maximum absolute atomic E-state index is 13.5. The number of halogens is 1. The molecule has 1 aromatic heterocycles. The number of hydrogen-bond donors (Lipinski definition) is 1. The van der Waals surface area contributed by atoms with Crippen molar-refractivity contribution in [1.82, 2.24) is 4.98 Å². The standard InChI is InChI=1S/C12H12FNO2/c1-3-9-10(12(15)16-2)7-5-4-6-8(13)11(7)14-9/h4-6,14H,3H2,1-2H3. The van der Waals surface area contributed by atoms with Crippen molar-refractivity contribution in [2.75, 3.05) is 7.11 Å². The Morgan fingerprint density at radius 1 is 1.50 bits per heavy atom. The average Bonchev–Trinajstić information content (AvgIpc) is 2.68. The molecule has 0 radical (unpaired) electrons. The van der Waals surface area contributed by atoms with Gasteiger partial charge in [0.1, 0.15) is 5.82 Å². The summed E-state index contributed by atoms with van der Waals surface area (Å²) in [6, 6.07) is 4.65. The van der Waals surface area contributed by atoms with E-state index in [-0.39, 0.29) is 5.82 Å². The van der Waals surface area contributed by atoms with E-state index >= 15 is 0 Å². The van der Waals surface area contributed by atoms with E-state index in [2.05, 4.69) is 4.98 Å². The molecule has 3 nitrogen and oxygen atoms in total. The number of carbonyl (C=O) groups excluding carboxylic acids is 1. The summed E-state index contributed by atoms with van der Waals surface area (Å²) >= 11 is 0. The van der Waals surface area contributed by atoms with E-state index in [1.54, 1.807) is 12.1 Å². The second-order valence-corrected chi connectivity index (χ2v) is 3.49. The van der Waals surface area contributed by atoms with Gasteiger partial charge in [-0.25, -0.2) is 9.18 Å². The van der Waals surface area contributed by atoms with Crippen LogP contribution in [0.2, 0.25) is 0 Å². The van der Waals surface area contributed by atoms with Gasteiger partial charge in [0.05, 0.1) is 18.2 Å². The topological polar surface area (TPSA) is 42.1 Å². The number of H-pyrrole nitrogens is 1. The fourth-order valence-electron chi connectivity index (χ4n) is 1.84. The molecule has 0 saturated heterocycles. The Hall–Kier alpha value is -1.84. The zero-order valence-electron chi connectivity index (χ0n) is 9.13. The molecule has 1 N–H and O–H groups in total. The minimum atomic E-state index is -0.436. The first-order valence-corrected chi connectivity index (χ1v) is 5.06. The maximum Gasteiger partial charge on any atom is 0.340 e. The van der Waals surface area contributed by atoms with Crippen molar-refractivity contribution < 1.29 is 13.9 Å². The third-order valence-corrected chi connectivity index (χ3v) is 2.60. The van der Waals surface area contributed by atoms with Crippen molar-refractivity contribution >= 4 is 16.9 Å². The van der Waals surface area contributed by atoms with Crippen molar-refractivity contribution in [3.05, 3.63) is 35.3 Å². The summed E-state index contributed by atoms with van der Waals surface area (Å²) < 4.78 is 18.2. The van der Waals surface area contributed by atoms with Gasteiger partial charge in [0.2, 0.25) is 0 Å². The third kappa shape index (κ3) is 1.46. The minimum absolute atomic E-state index is 0.359. The van der Waals surface area contributed by atoms with Crippen LogP contribution in [-0.2, 0) is 11.2 Å². The number of para-hydroxylation sites is 1. The monoisotopic (exact) mass is 221 g/mol. The van der Waals surface area contributed by atoms with Crippen LogP contribution in [0.25, 0.3) is 10.9 Å². The number of hydrogen-bond acceptors (Lipinski definition) is 2. The maximum atomic E-state index is 13.5. The van der Waals surface area contributed by atoms with Crippen LogP contribution in [-0.4, -0.2) is 18.1 Å². The number of aryl methyl sites for hydroxylation is 1. The van der Waals surface area contributed by atoms with Crippen LogP contribution >= 0.6 is 0 Å². The normalized spacial score (nSPS) is 10.7. The molecule has 0 fully saturated rings. The lowest BCUT2D eigenvalue weighted by Crippen LogP contribution is -2.03. The quantitative estimate of drug-likeness (QED) is 0.792. The van der Waals surface area contributed by atoms with Gasteiger partial charge in [-0.2, -0.15) is 0 Å². The number of aromatic nitrogens is 1. The zero-order chi connectivity index (χ0) is 11.7. The first kappa shape index (κ1) is 10.7. The van der Waals surface area contributed by atoms with Crippen molar-refractivity contribution in [2.45, 2.75) is 13.3 Å². The van der Waals surface area contributed by atoms with Crippen molar-refractivity contribution in [3.63, 3.8) is 0 Å². The highest BCUT2D eigenvalue weighted by Crippen LogP contribution is 2.25. The highest BCUT2D eigenvalue weighted by atomic mass is 19.1. The second kappa shape index (κ2) is 3.96. The van der Waals surface area contributed by atoms with Gasteiger partial charge in [-0.3, -0.25) is 0 Å². The zero-order valence-corrected chi connectivity index (χ0v) is 9.13. The molecule has 84 valence electrons. The van der Waals surface area contributed by atoms with E-state index in [0.717, 1.165) is 0 Å². The fourth-order valence-corrected chi connectivity index (χ4v) is 1.84. The number of rotatable bonds is 2. The summed E-state index contributed by atoms with van der Waals surface area (Å²) in [5.41, 5.74) is 1.49. The van der Waals surface area contributed by atoms with E-state index < -0.39 is 5.97 Å². The van der Waals surface area contributed by atoms with Crippen LogP contribution in [0.4, 0.5) is 4.39 Å². The Kier molecular flexibility index (Phi) is 2.64. The van der Waals surface area contributed by atoms with Crippen LogP contribution in [0.1, 0.15) is 23.0 Å². The van der Waals surface area contributed by atoms with Crippen molar-refractivity contribution in [3.8, 4) is 0 Å². The number of nitrogens with one attached hydrogen (secondary N) is 1. The Balaban J connectivity index is 2.78. The molecule has 0 atom stereocenters. The van der Waals surface area contributed by atoms with E-state index in [1.807, 2.05) is 6.92 Å². The SMILES string of the molecule is CCc1[nH]c2c(F)cccc2c1C(=O)OC. The van der Waals surface area contributed by atoms with Crippen molar-refractivity contribution in [1.29, 1.82) is 0 Å². The summed E-state index contributed by atoms with van der Waals surface area (Å²) in [5, 5.41) is 0.573. The van der Waals surface area contributed by atoms with Crippen molar-refractivity contribution in [2.24, 2.45) is 0 Å². The van der Waals surface area contributed by atoms with Gasteiger partial charge >= 0.3 is 5.97 Å². The van der Waals surface area contributed by atoms with E-state index in [4.69, 9.17) is 4.74 Å². The fraction of sp³-hybridized carbons (Fsp3) is 0.250. The summed E-state index contributed by atoms with van der Waals surface area (Å²) in [6.45, 7) is 1.90. The summed E-state index contributed by atoms with van der Waals surface area (Å²) in [6.07, 6.45) is 0.624. The van der Waals surface area contributed by atoms with Crippen LogP contribution in [0.5, 0.6) is 0 Å². The van der Waals surface area contributed by atoms with Gasteiger partial charge in [-0.05, 0) is 12.5 Å². The van der Waals surface area contributed by atoms with Gasteiger partial charge in [0, 0.05) is 11.1 Å². The molecule has 0 saturated carbocycles. The molecule has 0 aliphatic heterocycles. The number of carbonyl (C=O) groups is 1. The van der Waals surface area contributed by atoms with Gasteiger partial charge in [0.25, 0.3) is 0 Å². The van der Waals surface area contributed by atoms with Crippen LogP contribution in [0.3, 0.4) is 0 Å². The highest BCUT2D eigenvalue weighted by molar-refractivity contribution is 6.05. The smallest absolute Gasteiger partial charge is 0.340 e. The molecule has 4 heteroatoms. The van der Waals surface area contributed by atoms with E-state index in [1.165, 1.54) is 13.2 Å². The average molecular weight is 221 g/mol. The van der Waals surface area contributed by atoms with Gasteiger partial charge in [-0.1, -0.05) is 19.1 Å². The molecule has 0 aliphatic rings. The Morgan fingerprint density at radius 2 is 2.25 bits per heavy atom. The first-order valence-electron chi connectivity index (χ1n) is 5.06. The van der Waals surface area contributed by atoms with Crippen LogP contribution in [0.15, 0.2) is 18.2 Å². The number of benzene rings is 1. The first-order chi connectivity index (χ1) is 7.69. The molecule has 0 spiro atoms. The lowest BCUT2D eigenvalue weighted by Gasteiger charge is -1.99.